The molecule has 150 valence electrons. The summed E-state index contributed by atoms with van der Waals surface area (Å²) in [5, 5.41) is 6.02. The van der Waals surface area contributed by atoms with E-state index in [1.54, 1.807) is 31.4 Å². The number of carbonyl (C=O) groups is 1. The molecule has 3 aromatic rings. The van der Waals surface area contributed by atoms with E-state index in [1.165, 1.54) is 12.7 Å². The van der Waals surface area contributed by atoms with Crippen LogP contribution in [0.2, 0.25) is 0 Å². The molecule has 2 N–H and O–H groups in total. The lowest BCUT2D eigenvalue weighted by molar-refractivity contribution is 0.102. The first-order valence-electron chi connectivity index (χ1n) is 9.26. The molecule has 0 fully saturated rings. The van der Waals surface area contributed by atoms with Crippen LogP contribution < -0.4 is 20.1 Å². The molecule has 29 heavy (non-hydrogen) atoms. The largest absolute Gasteiger partial charge is 0.497 e. The van der Waals surface area contributed by atoms with E-state index >= 15 is 0 Å². The third kappa shape index (κ3) is 5.44. The van der Waals surface area contributed by atoms with Gasteiger partial charge in [-0.2, -0.15) is 0 Å². The highest BCUT2D eigenvalue weighted by Gasteiger charge is 2.14. The number of aryl methyl sites for hydroxylation is 1. The zero-order valence-corrected chi connectivity index (χ0v) is 16.7. The van der Waals surface area contributed by atoms with Crippen molar-refractivity contribution in [3.05, 3.63) is 71.5 Å². The second-order valence-corrected chi connectivity index (χ2v) is 6.40. The van der Waals surface area contributed by atoms with Gasteiger partial charge in [-0.15, -0.1) is 0 Å². The second kappa shape index (κ2) is 9.54. The van der Waals surface area contributed by atoms with Crippen molar-refractivity contribution in [3.8, 4) is 11.5 Å². The van der Waals surface area contributed by atoms with Crippen LogP contribution in [0.15, 0.2) is 54.6 Å². The van der Waals surface area contributed by atoms with Gasteiger partial charge < -0.3 is 20.1 Å². The molecule has 3 rings (SSSR count). The normalized spacial score (nSPS) is 10.3. The Morgan fingerprint density at radius 1 is 1.00 bits per heavy atom. The Labute approximate surface area is 170 Å². The van der Waals surface area contributed by atoms with Crippen molar-refractivity contribution in [2.45, 2.75) is 13.3 Å². The molecule has 1 amide bonds. The third-order valence-electron chi connectivity index (χ3n) is 4.28. The van der Waals surface area contributed by atoms with Crippen LogP contribution in [-0.2, 0) is 6.42 Å². The molecule has 0 atom stereocenters. The number of hydrogen-bond donors (Lipinski definition) is 2. The number of nitrogens with zero attached hydrogens (tertiary/aromatic N) is 2. The average molecular weight is 392 g/mol. The molecule has 0 radical (unpaired) electrons. The van der Waals surface area contributed by atoms with Gasteiger partial charge in [-0.25, -0.2) is 9.97 Å². The Balaban J connectivity index is 1.69. The van der Waals surface area contributed by atoms with Crippen LogP contribution in [0.1, 0.15) is 21.7 Å². The first-order chi connectivity index (χ1) is 14.1. The van der Waals surface area contributed by atoms with Crippen molar-refractivity contribution in [3.63, 3.8) is 0 Å². The number of methoxy groups -OCH3 is 2. The van der Waals surface area contributed by atoms with Gasteiger partial charge in [0.2, 0.25) is 5.95 Å². The monoisotopic (exact) mass is 392 g/mol. The lowest BCUT2D eigenvalue weighted by atomic mass is 10.1. The molecule has 0 aliphatic heterocycles. The number of hydrogen-bond acceptors (Lipinski definition) is 6. The molecule has 0 saturated heterocycles. The lowest BCUT2D eigenvalue weighted by Gasteiger charge is -2.12. The quantitative estimate of drug-likeness (QED) is 0.608. The Morgan fingerprint density at radius 3 is 2.52 bits per heavy atom. The van der Waals surface area contributed by atoms with Crippen LogP contribution in [0.4, 0.5) is 11.6 Å². The molecule has 7 heteroatoms. The van der Waals surface area contributed by atoms with Crippen molar-refractivity contribution in [1.82, 2.24) is 9.97 Å². The summed E-state index contributed by atoms with van der Waals surface area (Å²) < 4.78 is 10.5. The fraction of sp³-hybridized carbons (Fsp3) is 0.227. The zero-order valence-electron chi connectivity index (χ0n) is 16.7. The van der Waals surface area contributed by atoms with Gasteiger partial charge >= 0.3 is 0 Å². The van der Waals surface area contributed by atoms with Gasteiger partial charge in [0.05, 0.1) is 19.9 Å². The van der Waals surface area contributed by atoms with Crippen LogP contribution in [0.25, 0.3) is 0 Å². The fourth-order valence-electron chi connectivity index (χ4n) is 2.82. The number of aromatic nitrogens is 2. The zero-order chi connectivity index (χ0) is 20.6. The number of ether oxygens (including phenoxy) is 2. The second-order valence-electron chi connectivity index (χ2n) is 6.40. The Morgan fingerprint density at radius 2 is 1.79 bits per heavy atom. The summed E-state index contributed by atoms with van der Waals surface area (Å²) in [5.74, 6) is 1.23. The van der Waals surface area contributed by atoms with Gasteiger partial charge in [0, 0.05) is 18.3 Å². The van der Waals surface area contributed by atoms with Crippen molar-refractivity contribution in [2.75, 3.05) is 31.4 Å². The van der Waals surface area contributed by atoms with Crippen LogP contribution in [-0.4, -0.2) is 36.6 Å². The van der Waals surface area contributed by atoms with Crippen molar-refractivity contribution in [2.24, 2.45) is 0 Å². The van der Waals surface area contributed by atoms with E-state index < -0.39 is 0 Å². The molecule has 0 aliphatic rings. The molecular weight excluding hydrogens is 368 g/mol. The summed E-state index contributed by atoms with van der Waals surface area (Å²) in [6.45, 7) is 2.50. The number of benzene rings is 2. The minimum Gasteiger partial charge on any atom is -0.497 e. The van der Waals surface area contributed by atoms with E-state index in [0.29, 0.717) is 35.4 Å². The number of anilines is 2. The van der Waals surface area contributed by atoms with E-state index in [4.69, 9.17) is 9.47 Å². The summed E-state index contributed by atoms with van der Waals surface area (Å²) in [7, 11) is 3.11. The van der Waals surface area contributed by atoms with E-state index in [9.17, 15) is 4.79 Å². The van der Waals surface area contributed by atoms with Crippen LogP contribution in [0.3, 0.4) is 0 Å². The predicted octanol–water partition coefficient (Wildman–Crippen LogP) is 3.71. The first kappa shape index (κ1) is 20.1. The van der Waals surface area contributed by atoms with Gasteiger partial charge in [-0.1, -0.05) is 30.3 Å². The van der Waals surface area contributed by atoms with Crippen LogP contribution in [0, 0.1) is 6.92 Å². The SMILES string of the molecule is COc1ccc(NC(=O)c2cc(C)nc(NCCc3ccccc3)n2)c(OC)c1. The highest BCUT2D eigenvalue weighted by molar-refractivity contribution is 6.04. The van der Waals surface area contributed by atoms with E-state index in [0.717, 1.165) is 6.42 Å². The molecule has 0 bridgehead atoms. The molecule has 2 aromatic carbocycles. The predicted molar refractivity (Wildman–Crippen MR) is 113 cm³/mol. The standard InChI is InChI=1S/C22H24N4O3/c1-15-13-19(21(27)25-18-10-9-17(28-2)14-20(18)29-3)26-22(24-15)23-12-11-16-7-5-4-6-8-16/h4-10,13-14H,11-12H2,1-3H3,(H,25,27)(H,23,24,26). The maximum atomic E-state index is 12.7. The number of amides is 1. The summed E-state index contributed by atoms with van der Waals surface area (Å²) >= 11 is 0. The van der Waals surface area contributed by atoms with Crippen molar-refractivity contribution >= 4 is 17.5 Å². The average Bonchev–Trinajstić information content (AvgIpc) is 2.74. The number of nitrogens with one attached hydrogen (secondary N) is 2. The Hall–Kier alpha value is -3.61. The van der Waals surface area contributed by atoms with Gasteiger partial charge in [-0.05, 0) is 37.1 Å². The molecule has 0 spiro atoms. The summed E-state index contributed by atoms with van der Waals surface area (Å²) in [6, 6.07) is 17.0. The van der Waals surface area contributed by atoms with Gasteiger partial charge in [0.25, 0.3) is 5.91 Å². The van der Waals surface area contributed by atoms with Crippen molar-refractivity contribution < 1.29 is 14.3 Å². The maximum Gasteiger partial charge on any atom is 0.274 e. The molecule has 1 aromatic heterocycles. The fourth-order valence-corrected chi connectivity index (χ4v) is 2.82. The highest BCUT2D eigenvalue weighted by atomic mass is 16.5. The van der Waals surface area contributed by atoms with E-state index in [2.05, 4.69) is 32.7 Å². The highest BCUT2D eigenvalue weighted by Crippen LogP contribution is 2.29. The minimum absolute atomic E-state index is 0.276. The summed E-state index contributed by atoms with van der Waals surface area (Å²) in [6.07, 6.45) is 0.836. The lowest BCUT2D eigenvalue weighted by Crippen LogP contribution is -2.17. The van der Waals surface area contributed by atoms with Crippen molar-refractivity contribution in [1.29, 1.82) is 0 Å². The molecule has 0 saturated carbocycles. The number of rotatable bonds is 8. The molecule has 1 heterocycles. The summed E-state index contributed by atoms with van der Waals surface area (Å²) in [5.41, 5.74) is 2.73. The molecule has 0 aliphatic carbocycles. The molecular formula is C22H24N4O3. The van der Waals surface area contributed by atoms with E-state index in [1.807, 2.05) is 25.1 Å². The van der Waals surface area contributed by atoms with Gasteiger partial charge in [-0.3, -0.25) is 4.79 Å². The topological polar surface area (TPSA) is 85.4 Å². The van der Waals surface area contributed by atoms with Gasteiger partial charge in [0.1, 0.15) is 17.2 Å². The smallest absolute Gasteiger partial charge is 0.274 e. The van der Waals surface area contributed by atoms with Gasteiger partial charge in [0.15, 0.2) is 0 Å². The Kier molecular flexibility index (Phi) is 6.63. The molecule has 7 nitrogen and oxygen atoms in total. The third-order valence-corrected chi connectivity index (χ3v) is 4.28. The van der Waals surface area contributed by atoms with Crippen LogP contribution >= 0.6 is 0 Å². The van der Waals surface area contributed by atoms with E-state index in [-0.39, 0.29) is 11.6 Å². The first-order valence-corrected chi connectivity index (χ1v) is 9.26. The van der Waals surface area contributed by atoms with Crippen LogP contribution in [0.5, 0.6) is 11.5 Å². The number of carbonyl (C=O) groups excluding carboxylic acids is 1. The maximum absolute atomic E-state index is 12.7. The molecule has 0 unspecified atom stereocenters. The summed E-state index contributed by atoms with van der Waals surface area (Å²) in [4.78, 5) is 21.4. The Bertz CT molecular complexity index is 977. The minimum atomic E-state index is -0.343.